The Morgan fingerprint density at radius 2 is 1.45 bits per heavy atom. The van der Waals surface area contributed by atoms with E-state index in [0.717, 1.165) is 6.42 Å². The van der Waals surface area contributed by atoms with Crippen molar-refractivity contribution < 1.29 is 0 Å². The van der Waals surface area contributed by atoms with Crippen LogP contribution in [0, 0.1) is 17.8 Å². The summed E-state index contributed by atoms with van der Waals surface area (Å²) in [4.78, 5) is 0. The molecule has 0 aliphatic heterocycles. The molecule has 2 aliphatic carbocycles. The van der Waals surface area contributed by atoms with E-state index in [-0.39, 0.29) is 17.8 Å². The molecule has 0 heteroatoms. The average molecular weight is 547 g/mol. The van der Waals surface area contributed by atoms with Crippen LogP contribution in [0.4, 0.5) is 0 Å². The van der Waals surface area contributed by atoms with Gasteiger partial charge in [-0.3, -0.25) is 0 Å². The molecule has 3 unspecified atom stereocenters. The van der Waals surface area contributed by atoms with Crippen molar-refractivity contribution in [2.75, 3.05) is 0 Å². The highest BCUT2D eigenvalue weighted by Crippen LogP contribution is 2.43. The first kappa shape index (κ1) is 30.3. The maximum absolute atomic E-state index is 4.14. The summed E-state index contributed by atoms with van der Waals surface area (Å²) in [6, 6.07) is 19.2. The summed E-state index contributed by atoms with van der Waals surface area (Å²) in [7, 11) is 0. The molecule has 0 aromatic heterocycles. The van der Waals surface area contributed by atoms with E-state index in [1.165, 1.54) is 49.4 Å². The summed E-state index contributed by atoms with van der Waals surface area (Å²) in [6.45, 7) is 20.7. The lowest BCUT2D eigenvalue weighted by Crippen LogP contribution is -2.28. The highest BCUT2D eigenvalue weighted by Gasteiger charge is 2.30. The SMILES string of the molecule is C=C/C=C(\C1=CC(c2ccccc2)=CC(/C(C=C)=C/C=C)C1)C1C=CC=CC1C(=C/C=C)/C(C)=c1\cccc\c1=C\C. The third-order valence-electron chi connectivity index (χ3n) is 8.16. The summed E-state index contributed by atoms with van der Waals surface area (Å²) in [6.07, 6.45) is 30.9. The lowest BCUT2D eigenvalue weighted by molar-refractivity contribution is 0.605. The van der Waals surface area contributed by atoms with Gasteiger partial charge in [0, 0.05) is 17.8 Å². The van der Waals surface area contributed by atoms with Gasteiger partial charge in [-0.25, -0.2) is 0 Å². The molecule has 2 aliphatic rings. The molecule has 0 N–H and O–H groups in total. The Labute approximate surface area is 252 Å². The lowest BCUT2D eigenvalue weighted by atomic mass is 9.71. The quantitative estimate of drug-likeness (QED) is 0.260. The van der Waals surface area contributed by atoms with Gasteiger partial charge in [-0.15, -0.1) is 0 Å². The van der Waals surface area contributed by atoms with Crippen LogP contribution in [0.1, 0.15) is 25.8 Å². The highest BCUT2D eigenvalue weighted by molar-refractivity contribution is 5.78. The van der Waals surface area contributed by atoms with Gasteiger partial charge in [-0.2, -0.15) is 0 Å². The fourth-order valence-electron chi connectivity index (χ4n) is 6.13. The Morgan fingerprint density at radius 3 is 2.12 bits per heavy atom. The Balaban J connectivity index is 1.88. The summed E-state index contributed by atoms with van der Waals surface area (Å²) in [5.41, 5.74) is 8.72. The first-order valence-corrected chi connectivity index (χ1v) is 14.7. The predicted molar refractivity (Wildman–Crippen MR) is 186 cm³/mol. The standard InChI is InChI=1S/C42H42/c1-7-19-32(10-4)35-28-36(34-23-13-12-14-24-34)30-37(29-35)40(21-9-3)42-27-18-17-26-41(42)39(20-8-2)31(6)38-25-16-15-22-33(38)11-5/h7-28,30,35,41-42H,1-4,29H2,5-6H3/b32-19+,33-11-,38-31+,39-20+,40-21+. The van der Waals surface area contributed by atoms with Crippen LogP contribution in [0.3, 0.4) is 0 Å². The maximum atomic E-state index is 4.14. The van der Waals surface area contributed by atoms with E-state index >= 15 is 0 Å². The molecule has 3 atom stereocenters. The lowest BCUT2D eigenvalue weighted by Gasteiger charge is -2.33. The van der Waals surface area contributed by atoms with Crippen molar-refractivity contribution in [1.29, 1.82) is 0 Å². The zero-order chi connectivity index (χ0) is 29.9. The smallest absolute Gasteiger partial charge is 0.0128 e. The molecule has 0 spiro atoms. The Morgan fingerprint density at radius 1 is 0.786 bits per heavy atom. The van der Waals surface area contributed by atoms with Crippen LogP contribution in [-0.2, 0) is 0 Å². The van der Waals surface area contributed by atoms with Gasteiger partial charge in [0.25, 0.3) is 0 Å². The van der Waals surface area contributed by atoms with Gasteiger partial charge in [-0.05, 0) is 69.7 Å². The van der Waals surface area contributed by atoms with Crippen LogP contribution in [0.5, 0.6) is 0 Å². The second-order valence-electron chi connectivity index (χ2n) is 10.6. The Bertz CT molecular complexity index is 1670. The van der Waals surface area contributed by atoms with Gasteiger partial charge >= 0.3 is 0 Å². The minimum Gasteiger partial charge on any atom is -0.0991 e. The van der Waals surface area contributed by atoms with Crippen LogP contribution in [0.2, 0.25) is 0 Å². The van der Waals surface area contributed by atoms with Gasteiger partial charge in [0.05, 0.1) is 0 Å². The van der Waals surface area contributed by atoms with Gasteiger partial charge in [0.2, 0.25) is 0 Å². The first-order valence-electron chi connectivity index (χ1n) is 14.7. The summed E-state index contributed by atoms with van der Waals surface area (Å²) >= 11 is 0. The van der Waals surface area contributed by atoms with Gasteiger partial charge < -0.3 is 0 Å². The van der Waals surface area contributed by atoms with Crippen LogP contribution < -0.4 is 10.4 Å². The molecule has 2 aromatic rings. The van der Waals surface area contributed by atoms with Crippen LogP contribution in [0.25, 0.3) is 17.2 Å². The predicted octanol–water partition coefficient (Wildman–Crippen LogP) is 9.57. The van der Waals surface area contributed by atoms with Gasteiger partial charge in [-0.1, -0.05) is 166 Å². The number of allylic oxidation sites excluding steroid dienone is 18. The van der Waals surface area contributed by atoms with E-state index in [0.29, 0.717) is 0 Å². The van der Waals surface area contributed by atoms with E-state index in [2.05, 4.69) is 156 Å². The molecular formula is C42H42. The second-order valence-corrected chi connectivity index (χ2v) is 10.6. The number of hydrogen-bond donors (Lipinski definition) is 0. The largest absolute Gasteiger partial charge is 0.0991 e. The van der Waals surface area contributed by atoms with E-state index < -0.39 is 0 Å². The molecule has 0 heterocycles. The molecular weight excluding hydrogens is 504 g/mol. The molecule has 4 rings (SSSR count). The fourth-order valence-corrected chi connectivity index (χ4v) is 6.13. The highest BCUT2D eigenvalue weighted by atomic mass is 14.3. The van der Waals surface area contributed by atoms with Crippen molar-refractivity contribution in [3.8, 4) is 0 Å². The molecule has 210 valence electrons. The van der Waals surface area contributed by atoms with E-state index in [4.69, 9.17) is 0 Å². The van der Waals surface area contributed by atoms with Crippen molar-refractivity contribution >= 4 is 17.2 Å². The molecule has 0 amide bonds. The van der Waals surface area contributed by atoms with E-state index in [1.54, 1.807) is 0 Å². The molecule has 0 saturated heterocycles. The molecule has 42 heavy (non-hydrogen) atoms. The van der Waals surface area contributed by atoms with Crippen molar-refractivity contribution in [3.05, 3.63) is 198 Å². The summed E-state index contributed by atoms with van der Waals surface area (Å²) in [5.74, 6) is 0.454. The fraction of sp³-hybridized carbons (Fsp3) is 0.143. The second kappa shape index (κ2) is 14.8. The molecule has 0 saturated carbocycles. The number of rotatable bonds is 10. The number of benzene rings is 2. The summed E-state index contributed by atoms with van der Waals surface area (Å²) in [5, 5.41) is 2.49. The maximum Gasteiger partial charge on any atom is 0.0128 e. The van der Waals surface area contributed by atoms with E-state index in [9.17, 15) is 0 Å². The number of hydrogen-bond acceptors (Lipinski definition) is 0. The molecule has 0 nitrogen and oxygen atoms in total. The normalized spacial score (nSPS) is 22.2. The third kappa shape index (κ3) is 6.78. The van der Waals surface area contributed by atoms with Crippen LogP contribution in [-0.4, -0.2) is 0 Å². The van der Waals surface area contributed by atoms with Crippen molar-refractivity contribution in [3.63, 3.8) is 0 Å². The molecule has 0 radical (unpaired) electrons. The Hall–Kier alpha value is -4.68. The third-order valence-corrected chi connectivity index (χ3v) is 8.16. The van der Waals surface area contributed by atoms with Crippen molar-refractivity contribution in [2.24, 2.45) is 17.8 Å². The molecule has 0 bridgehead atoms. The minimum atomic E-state index is 0.129. The van der Waals surface area contributed by atoms with Gasteiger partial charge in [0.1, 0.15) is 0 Å². The van der Waals surface area contributed by atoms with E-state index in [1.807, 2.05) is 24.3 Å². The zero-order valence-electron chi connectivity index (χ0n) is 25.0. The summed E-state index contributed by atoms with van der Waals surface area (Å²) < 4.78 is 0. The molecule has 0 fully saturated rings. The first-order chi connectivity index (χ1) is 20.6. The topological polar surface area (TPSA) is 0 Å². The average Bonchev–Trinajstić information content (AvgIpc) is 3.05. The minimum absolute atomic E-state index is 0.129. The van der Waals surface area contributed by atoms with Crippen molar-refractivity contribution in [2.45, 2.75) is 20.3 Å². The zero-order valence-corrected chi connectivity index (χ0v) is 25.0. The van der Waals surface area contributed by atoms with Gasteiger partial charge in [0.15, 0.2) is 0 Å². The molecule has 2 aromatic carbocycles. The van der Waals surface area contributed by atoms with Crippen LogP contribution in [0.15, 0.2) is 182 Å². The Kier molecular flexibility index (Phi) is 10.7. The van der Waals surface area contributed by atoms with Crippen molar-refractivity contribution in [1.82, 2.24) is 0 Å². The monoisotopic (exact) mass is 546 g/mol. The van der Waals surface area contributed by atoms with Crippen LogP contribution >= 0.6 is 0 Å².